The van der Waals surface area contributed by atoms with Gasteiger partial charge in [-0.3, -0.25) is 9.59 Å². The minimum Gasteiger partial charge on any atom is -0.425 e. The average Bonchev–Trinajstić information content (AvgIpc) is 2.07. The fourth-order valence-electron chi connectivity index (χ4n) is 0.957. The fraction of sp³-hybridized carbons (Fsp3) is 0.200. The van der Waals surface area contributed by atoms with Crippen LogP contribution in [0.25, 0.3) is 0 Å². The molecule has 0 atom stereocenters. The summed E-state index contributed by atoms with van der Waals surface area (Å²) in [6, 6.07) is 4.54. The van der Waals surface area contributed by atoms with Gasteiger partial charge in [-0.1, -0.05) is 11.6 Å². The number of carbonyl (C=O) groups excluding carboxylic acids is 2. The summed E-state index contributed by atoms with van der Waals surface area (Å²) in [5.41, 5.74) is 0.492. The van der Waals surface area contributed by atoms with Gasteiger partial charge < -0.3 is 4.74 Å². The molecule has 0 saturated heterocycles. The summed E-state index contributed by atoms with van der Waals surface area (Å²) < 4.78 is 4.80. The lowest BCUT2D eigenvalue weighted by atomic mass is 10.1. The third-order valence-corrected chi connectivity index (χ3v) is 1.89. The van der Waals surface area contributed by atoms with Crippen molar-refractivity contribution >= 4 is 23.4 Å². The Kier molecular flexibility index (Phi) is 3.25. The van der Waals surface area contributed by atoms with Crippen LogP contribution in [-0.2, 0) is 4.79 Å². The molecule has 0 fully saturated rings. The Morgan fingerprint density at radius 2 is 1.93 bits per heavy atom. The Labute approximate surface area is 86.6 Å². The molecule has 74 valence electrons. The second kappa shape index (κ2) is 4.24. The summed E-state index contributed by atoms with van der Waals surface area (Å²) >= 11 is 5.79. The number of halogens is 1. The molecule has 0 aliphatic heterocycles. The fourth-order valence-corrected chi connectivity index (χ4v) is 1.18. The first-order valence-electron chi connectivity index (χ1n) is 3.99. The standard InChI is InChI=1S/C10H9ClO3/c1-6(12)8-3-4-10(9(11)5-8)14-7(2)13/h3-5H,1-2H3. The molecule has 0 heterocycles. The number of Topliss-reactive ketones (excluding diaryl/α,β-unsaturated/α-hetero) is 1. The molecule has 0 N–H and O–H groups in total. The van der Waals surface area contributed by atoms with Crippen LogP contribution in [0.3, 0.4) is 0 Å². The monoisotopic (exact) mass is 212 g/mol. The van der Waals surface area contributed by atoms with Gasteiger partial charge in [0.25, 0.3) is 0 Å². The van der Waals surface area contributed by atoms with E-state index >= 15 is 0 Å². The maximum Gasteiger partial charge on any atom is 0.308 e. The van der Waals surface area contributed by atoms with Crippen molar-refractivity contribution in [2.45, 2.75) is 13.8 Å². The van der Waals surface area contributed by atoms with Crippen LogP contribution in [0.4, 0.5) is 0 Å². The number of ketones is 1. The molecule has 0 bridgehead atoms. The number of ether oxygens (including phenoxy) is 1. The van der Waals surface area contributed by atoms with E-state index < -0.39 is 5.97 Å². The molecule has 0 aliphatic carbocycles. The van der Waals surface area contributed by atoms with Crippen molar-refractivity contribution in [2.24, 2.45) is 0 Å². The Morgan fingerprint density at radius 3 is 2.36 bits per heavy atom. The minimum absolute atomic E-state index is 0.0822. The number of rotatable bonds is 2. The summed E-state index contributed by atoms with van der Waals surface area (Å²) in [5, 5.41) is 0.257. The van der Waals surface area contributed by atoms with Crippen LogP contribution in [0.15, 0.2) is 18.2 Å². The van der Waals surface area contributed by atoms with E-state index in [0.29, 0.717) is 5.56 Å². The lowest BCUT2D eigenvalue weighted by Gasteiger charge is -2.04. The van der Waals surface area contributed by atoms with Crippen molar-refractivity contribution in [2.75, 3.05) is 0 Å². The van der Waals surface area contributed by atoms with Gasteiger partial charge in [0.05, 0.1) is 5.02 Å². The van der Waals surface area contributed by atoms with E-state index in [1.165, 1.54) is 26.0 Å². The lowest BCUT2D eigenvalue weighted by molar-refractivity contribution is -0.131. The highest BCUT2D eigenvalue weighted by molar-refractivity contribution is 6.32. The first kappa shape index (κ1) is 10.7. The van der Waals surface area contributed by atoms with Crippen LogP contribution in [-0.4, -0.2) is 11.8 Å². The van der Waals surface area contributed by atoms with Gasteiger partial charge in [-0.25, -0.2) is 0 Å². The predicted octanol–water partition coefficient (Wildman–Crippen LogP) is 2.47. The van der Waals surface area contributed by atoms with Crippen LogP contribution in [0.2, 0.25) is 5.02 Å². The predicted molar refractivity (Wildman–Crippen MR) is 52.8 cm³/mol. The van der Waals surface area contributed by atoms with Crippen molar-refractivity contribution in [3.63, 3.8) is 0 Å². The Bertz CT molecular complexity index is 385. The zero-order valence-corrected chi connectivity index (χ0v) is 8.59. The van der Waals surface area contributed by atoms with Crippen LogP contribution >= 0.6 is 11.6 Å². The quantitative estimate of drug-likeness (QED) is 0.430. The highest BCUT2D eigenvalue weighted by Crippen LogP contribution is 2.25. The van der Waals surface area contributed by atoms with Gasteiger partial charge in [-0.05, 0) is 25.1 Å². The summed E-state index contributed by atoms with van der Waals surface area (Å²) in [4.78, 5) is 21.6. The van der Waals surface area contributed by atoms with Gasteiger partial charge >= 0.3 is 5.97 Å². The minimum atomic E-state index is -0.442. The van der Waals surface area contributed by atoms with E-state index in [1.54, 1.807) is 6.07 Å². The third kappa shape index (κ3) is 2.57. The number of hydrogen-bond donors (Lipinski definition) is 0. The van der Waals surface area contributed by atoms with Gasteiger partial charge in [0.15, 0.2) is 5.78 Å². The number of benzene rings is 1. The molecule has 0 aliphatic rings. The van der Waals surface area contributed by atoms with Gasteiger partial charge in [-0.2, -0.15) is 0 Å². The Hall–Kier alpha value is -1.35. The van der Waals surface area contributed by atoms with Crippen LogP contribution in [0.1, 0.15) is 24.2 Å². The van der Waals surface area contributed by atoms with Gasteiger partial charge in [0, 0.05) is 12.5 Å². The molecule has 1 aromatic carbocycles. The molecule has 1 rings (SSSR count). The van der Waals surface area contributed by atoms with Crippen molar-refractivity contribution in [1.29, 1.82) is 0 Å². The zero-order valence-electron chi connectivity index (χ0n) is 7.83. The van der Waals surface area contributed by atoms with E-state index in [1.807, 2.05) is 0 Å². The van der Waals surface area contributed by atoms with Crippen molar-refractivity contribution < 1.29 is 14.3 Å². The molecule has 14 heavy (non-hydrogen) atoms. The van der Waals surface area contributed by atoms with E-state index in [-0.39, 0.29) is 16.6 Å². The van der Waals surface area contributed by atoms with Crippen molar-refractivity contribution in [1.82, 2.24) is 0 Å². The highest BCUT2D eigenvalue weighted by atomic mass is 35.5. The molecule has 0 saturated carbocycles. The molecule has 0 radical (unpaired) electrons. The number of carbonyl (C=O) groups is 2. The van der Waals surface area contributed by atoms with Crippen LogP contribution < -0.4 is 4.74 Å². The molecule has 1 aromatic rings. The SMILES string of the molecule is CC(=O)Oc1ccc(C(C)=O)cc1Cl. The zero-order chi connectivity index (χ0) is 10.7. The molecule has 0 aromatic heterocycles. The largest absolute Gasteiger partial charge is 0.425 e. The van der Waals surface area contributed by atoms with Gasteiger partial charge in [0.2, 0.25) is 0 Å². The first-order chi connectivity index (χ1) is 6.50. The Balaban J connectivity index is 3.01. The average molecular weight is 213 g/mol. The topological polar surface area (TPSA) is 43.4 Å². The van der Waals surface area contributed by atoms with Crippen molar-refractivity contribution in [3.05, 3.63) is 28.8 Å². The summed E-state index contributed by atoms with van der Waals surface area (Å²) in [6.07, 6.45) is 0. The van der Waals surface area contributed by atoms with Crippen LogP contribution in [0, 0.1) is 0 Å². The maximum atomic E-state index is 11.0. The normalized spacial score (nSPS) is 9.64. The molecule has 3 nitrogen and oxygen atoms in total. The number of esters is 1. The highest BCUT2D eigenvalue weighted by Gasteiger charge is 2.07. The first-order valence-corrected chi connectivity index (χ1v) is 4.37. The molecule has 0 unspecified atom stereocenters. The molecule has 0 amide bonds. The summed E-state index contributed by atoms with van der Waals surface area (Å²) in [6.45, 7) is 2.73. The Morgan fingerprint density at radius 1 is 1.29 bits per heavy atom. The number of hydrogen-bond acceptors (Lipinski definition) is 3. The smallest absolute Gasteiger partial charge is 0.308 e. The van der Waals surface area contributed by atoms with Crippen molar-refractivity contribution in [3.8, 4) is 5.75 Å². The van der Waals surface area contributed by atoms with E-state index in [9.17, 15) is 9.59 Å². The second-order valence-corrected chi connectivity index (χ2v) is 3.20. The lowest BCUT2D eigenvalue weighted by Crippen LogP contribution is -2.02. The molecular formula is C10H9ClO3. The third-order valence-electron chi connectivity index (χ3n) is 1.59. The molecular weight excluding hydrogens is 204 g/mol. The maximum absolute atomic E-state index is 11.0. The summed E-state index contributed by atoms with van der Waals surface area (Å²) in [5.74, 6) is -0.257. The van der Waals surface area contributed by atoms with Gasteiger partial charge in [0.1, 0.15) is 5.75 Å². The molecule has 0 spiro atoms. The summed E-state index contributed by atoms with van der Waals surface area (Å²) in [7, 11) is 0. The van der Waals surface area contributed by atoms with E-state index in [0.717, 1.165) is 0 Å². The van der Waals surface area contributed by atoms with E-state index in [4.69, 9.17) is 16.3 Å². The second-order valence-electron chi connectivity index (χ2n) is 2.80. The van der Waals surface area contributed by atoms with E-state index in [2.05, 4.69) is 0 Å². The van der Waals surface area contributed by atoms with Gasteiger partial charge in [-0.15, -0.1) is 0 Å². The molecule has 4 heteroatoms. The van der Waals surface area contributed by atoms with Crippen LogP contribution in [0.5, 0.6) is 5.75 Å².